The highest BCUT2D eigenvalue weighted by Gasteiger charge is 2.33. The number of anilines is 1. The lowest BCUT2D eigenvalue weighted by molar-refractivity contribution is -0.133. The van der Waals surface area contributed by atoms with Crippen LogP contribution in [0.25, 0.3) is 91.1 Å². The molecule has 690 valence electrons. The summed E-state index contributed by atoms with van der Waals surface area (Å²) < 4.78 is 112. The number of halogens is 7. The van der Waals surface area contributed by atoms with Crippen LogP contribution in [0.1, 0.15) is 50.5 Å². The number of carbonyl (C=O) groups excluding carboxylic acids is 4. The molecule has 0 atom stereocenters. The molecular weight excluding hydrogens is 1800 g/mol. The Balaban J connectivity index is 0.000000120. The van der Waals surface area contributed by atoms with Crippen LogP contribution in [-0.2, 0) is 88.9 Å². The van der Waals surface area contributed by atoms with E-state index in [0.29, 0.717) is 156 Å². The molecule has 15 aromatic rings. The molecule has 7 aromatic heterocycles. The Labute approximate surface area is 782 Å². The van der Waals surface area contributed by atoms with Crippen molar-refractivity contribution < 1.29 is 59.1 Å². The molecule has 0 saturated carbocycles. The molecule has 2 saturated heterocycles. The number of nitrogens with zero attached hydrogens (tertiary/aromatic N) is 22. The van der Waals surface area contributed by atoms with Gasteiger partial charge in [-0.2, -0.15) is 0 Å². The van der Waals surface area contributed by atoms with Gasteiger partial charge in [0.15, 0.2) is 62.8 Å². The highest BCUT2D eigenvalue weighted by Crippen LogP contribution is 2.35. The van der Waals surface area contributed by atoms with E-state index in [4.69, 9.17) is 14.1 Å². The van der Waals surface area contributed by atoms with Crippen LogP contribution in [0.15, 0.2) is 209 Å². The molecule has 21 rings (SSSR count). The number of amidine groups is 1. The first kappa shape index (κ1) is 91.3. The number of fused-ring (bicyclic) bond motifs is 3. The first-order chi connectivity index (χ1) is 65.6. The van der Waals surface area contributed by atoms with Gasteiger partial charge in [-0.3, -0.25) is 24.2 Å². The average Bonchev–Trinajstić information content (AvgIpc) is 1.66. The van der Waals surface area contributed by atoms with Crippen LogP contribution < -0.4 is 4.90 Å². The number of aromatic nitrogens is 15. The molecule has 0 bridgehead atoms. The van der Waals surface area contributed by atoms with Crippen LogP contribution in [0.5, 0.6) is 0 Å². The quantitative estimate of drug-likeness (QED) is 0.0765. The van der Waals surface area contributed by atoms with Gasteiger partial charge in [-0.1, -0.05) is 42.1 Å². The fourth-order valence-electron chi connectivity index (χ4n) is 16.2. The third kappa shape index (κ3) is 22.0. The Morgan fingerprint density at radius 2 is 0.793 bits per heavy atom. The van der Waals surface area contributed by atoms with Crippen molar-refractivity contribution in [2.75, 3.05) is 95.9 Å². The van der Waals surface area contributed by atoms with Crippen molar-refractivity contribution in [1.82, 2.24) is 98.5 Å². The Bertz CT molecular complexity index is 6690. The Kier molecular flexibility index (Phi) is 28.1. The summed E-state index contributed by atoms with van der Waals surface area (Å²) in [7, 11) is 0. The van der Waals surface area contributed by atoms with E-state index in [-0.39, 0.29) is 90.5 Å². The van der Waals surface area contributed by atoms with E-state index in [1.807, 2.05) is 50.5 Å². The molecule has 0 unspecified atom stereocenters. The number of hydrogen-bond acceptors (Lipinski definition) is 23. The number of aryl methyl sites for hydroxylation is 2. The van der Waals surface area contributed by atoms with Gasteiger partial charge < -0.3 is 38.6 Å². The fraction of sp³-hybridized carbons (Fsp3) is 0.278. The minimum absolute atomic E-state index is 0.00197. The van der Waals surface area contributed by atoms with E-state index in [2.05, 4.69) is 65.1 Å². The number of ether oxygens (including phenoxy) is 1. The second-order valence-corrected chi connectivity index (χ2v) is 35.6. The van der Waals surface area contributed by atoms with Gasteiger partial charge in [0.2, 0.25) is 23.6 Å². The minimum Gasteiger partial charge on any atom is -0.444 e. The first-order valence-electron chi connectivity index (χ1n) is 44.0. The summed E-state index contributed by atoms with van der Waals surface area (Å²) in [5.74, 6) is 3.20. The van der Waals surface area contributed by atoms with Gasteiger partial charge in [-0.05, 0) is 183 Å². The second kappa shape index (κ2) is 41.5. The zero-order valence-electron chi connectivity index (χ0n) is 73.4. The standard InChI is InChI=1S/C27H26F2N6O2S.C24H24F2N6OS.C23H19F2N5OS.C23H20FN5O2/c28-20-5-1-18(2-6-20)25-31-26(19-3-7-21(29)8-4-19)35(32-25)17-24(36)33-11-9-22-23(10-12-33)38-27(30-22)34-13-15-37-16-14-34;25-19-6-2-17(3-7-19)22-28-23(18-4-8-20(26)9-5-18)32(29-22)16-21(33)30-11-13-31(14-12-30)24-27-10-1-15-34-24;24-17-5-1-15(2-6-17)22-27-23(16-3-7-18(25)8-4-16)30(28-22)13-21(31)29-11-9-19-20(10-12-29)32-14-26-19;1-14-10-17(8-9-18(14)24)22-26-23(16-6-4-3-5-7-16)29(27-22)13-21(30)28-11-19-20(12-28)31-15(2)25-19/h1-8H,9-17H2;2-9H,1,10-16H2;1-8,14H,9-13H2;3-10H,11-13H2,1-2H3. The normalized spacial score (nSPS) is 14.8. The number of rotatable bonds is 17. The zero-order valence-corrected chi connectivity index (χ0v) is 75.8. The molecule has 0 aliphatic carbocycles. The SMILES string of the molecule is Cc1nc2c(o1)CN(C(=O)Cn1nc(-c3ccc(F)c(C)c3)nc1-c1ccccc1)C2.O=C(Cn1nc(-c2ccc(F)cc2)nc1-c1ccc(F)cc1)N1CCN(C2=NCCCS2)CC1.O=C(Cn1nc(-c2ccc(F)cc2)nc1-c1ccc(F)cc1)N1CCc2nc(N3CCOCC3)sc2CC1.O=C(Cn1nc(-c2ccc(F)cc2)nc1-c1ccc(F)cc1)N1CCc2ncsc2CC1. The lowest BCUT2D eigenvalue weighted by atomic mass is 10.1. The molecular formula is C97H89F7N22O6S3. The maximum atomic E-state index is 13.7. The highest BCUT2D eigenvalue weighted by molar-refractivity contribution is 8.13. The van der Waals surface area contributed by atoms with Crippen LogP contribution in [-0.4, -0.2) is 218 Å². The van der Waals surface area contributed by atoms with Crippen LogP contribution in [0.3, 0.4) is 0 Å². The van der Waals surface area contributed by atoms with Crippen LogP contribution >= 0.6 is 34.4 Å². The van der Waals surface area contributed by atoms with Crippen LogP contribution in [0.2, 0.25) is 0 Å². The first-order valence-corrected chi connectivity index (χ1v) is 46.7. The van der Waals surface area contributed by atoms with E-state index in [9.17, 15) is 49.9 Å². The van der Waals surface area contributed by atoms with Gasteiger partial charge in [0.05, 0.1) is 43.2 Å². The lowest BCUT2D eigenvalue weighted by Crippen LogP contribution is -2.51. The van der Waals surface area contributed by atoms with Crippen LogP contribution in [0, 0.1) is 54.6 Å². The van der Waals surface area contributed by atoms with E-state index in [1.165, 1.54) is 93.3 Å². The number of oxazole rings is 1. The molecule has 0 radical (unpaired) electrons. The number of benzene rings is 8. The number of hydrogen-bond donors (Lipinski definition) is 0. The van der Waals surface area contributed by atoms with E-state index >= 15 is 0 Å². The summed E-state index contributed by atoms with van der Waals surface area (Å²) in [6.07, 6.45) is 4.08. The van der Waals surface area contributed by atoms with Crippen molar-refractivity contribution in [2.24, 2.45) is 4.99 Å². The van der Waals surface area contributed by atoms with Gasteiger partial charge in [-0.25, -0.2) is 84.3 Å². The number of amides is 4. The minimum atomic E-state index is -0.364. The van der Waals surface area contributed by atoms with Crippen molar-refractivity contribution in [2.45, 2.75) is 85.2 Å². The fourth-order valence-corrected chi connectivity index (χ4v) is 19.1. The number of aliphatic imine (C=N–C) groups is 1. The predicted molar refractivity (Wildman–Crippen MR) is 496 cm³/mol. The maximum absolute atomic E-state index is 13.7. The molecule has 135 heavy (non-hydrogen) atoms. The zero-order chi connectivity index (χ0) is 93.2. The van der Waals surface area contributed by atoms with E-state index < -0.39 is 0 Å². The molecule has 0 spiro atoms. The molecule has 13 heterocycles. The Hall–Kier alpha value is -14.2. The molecule has 8 aromatic carbocycles. The molecule has 6 aliphatic heterocycles. The predicted octanol–water partition coefficient (Wildman–Crippen LogP) is 15.2. The average molecular weight is 1890 g/mol. The third-order valence-electron chi connectivity index (χ3n) is 23.4. The summed E-state index contributed by atoms with van der Waals surface area (Å²) in [4.78, 5) is 104. The number of morpholine rings is 1. The lowest BCUT2D eigenvalue weighted by Gasteiger charge is -2.36. The van der Waals surface area contributed by atoms with Gasteiger partial charge in [0.25, 0.3) is 0 Å². The van der Waals surface area contributed by atoms with Gasteiger partial charge in [-0.15, -0.1) is 43.1 Å². The largest absolute Gasteiger partial charge is 0.444 e. The van der Waals surface area contributed by atoms with E-state index in [1.54, 1.807) is 152 Å². The molecule has 4 amide bonds. The molecule has 6 aliphatic rings. The smallest absolute Gasteiger partial charge is 0.245 e. The summed E-state index contributed by atoms with van der Waals surface area (Å²) in [5, 5.41) is 20.4. The molecule has 28 nitrogen and oxygen atoms in total. The highest BCUT2D eigenvalue weighted by atomic mass is 32.2. The maximum Gasteiger partial charge on any atom is 0.245 e. The monoisotopic (exact) mass is 1890 g/mol. The van der Waals surface area contributed by atoms with Crippen molar-refractivity contribution in [3.8, 4) is 91.1 Å². The summed E-state index contributed by atoms with van der Waals surface area (Å²) in [6.45, 7) is 13.5. The topological polar surface area (TPSA) is 284 Å². The van der Waals surface area contributed by atoms with E-state index in [0.717, 1.165) is 116 Å². The van der Waals surface area contributed by atoms with Crippen molar-refractivity contribution in [1.29, 1.82) is 0 Å². The van der Waals surface area contributed by atoms with Crippen molar-refractivity contribution >= 4 is 68.4 Å². The Morgan fingerprint density at radius 1 is 0.385 bits per heavy atom. The molecule has 2 fully saturated rings. The number of piperazine rings is 1. The van der Waals surface area contributed by atoms with Crippen LogP contribution in [0.4, 0.5) is 35.9 Å². The van der Waals surface area contributed by atoms with Gasteiger partial charge in [0, 0.05) is 165 Å². The van der Waals surface area contributed by atoms with Gasteiger partial charge in [0.1, 0.15) is 78.4 Å². The molecule has 38 heteroatoms. The summed E-state index contributed by atoms with van der Waals surface area (Å²) in [6, 6.07) is 49.6. The number of thioether (sulfide) groups is 1. The number of carbonyl (C=O) groups is 4. The summed E-state index contributed by atoms with van der Waals surface area (Å²) >= 11 is 5.12. The van der Waals surface area contributed by atoms with Gasteiger partial charge >= 0.3 is 0 Å². The summed E-state index contributed by atoms with van der Waals surface area (Å²) in [5.41, 5.74) is 10.7. The number of thiazole rings is 2. The Morgan fingerprint density at radius 3 is 1.24 bits per heavy atom. The third-order valence-corrected chi connectivity index (χ3v) is 26.7. The molecule has 0 N–H and O–H groups in total. The van der Waals surface area contributed by atoms with Crippen molar-refractivity contribution in [3.05, 3.63) is 284 Å². The van der Waals surface area contributed by atoms with Crippen molar-refractivity contribution in [3.63, 3.8) is 0 Å². The second-order valence-electron chi connectivity index (χ2n) is 32.6.